The first-order chi connectivity index (χ1) is 27.5. The number of para-hydroxylation sites is 2. The van der Waals surface area contributed by atoms with Crippen molar-refractivity contribution in [2.24, 2.45) is 0 Å². The third-order valence-corrected chi connectivity index (χ3v) is 12.4. The molecule has 300 valence electrons. The van der Waals surface area contributed by atoms with E-state index in [1.165, 1.54) is 33.4 Å². The average Bonchev–Trinajstić information content (AvgIpc) is 3.47. The van der Waals surface area contributed by atoms with Crippen molar-refractivity contribution in [2.45, 2.75) is 97.8 Å². The second kappa shape index (κ2) is 15.0. The minimum atomic E-state index is 0.0306. The van der Waals surface area contributed by atoms with E-state index < -0.39 is 0 Å². The Balaban J connectivity index is 1.19. The number of hydrogen-bond donors (Lipinski definition) is 0. The van der Waals surface area contributed by atoms with Crippen molar-refractivity contribution in [3.05, 3.63) is 165 Å². The molecule has 0 spiro atoms. The maximum absolute atomic E-state index is 6.69. The Morgan fingerprint density at radius 2 is 1.29 bits per heavy atom. The zero-order valence-corrected chi connectivity index (χ0v) is 37.7. The molecule has 0 fully saturated rings. The summed E-state index contributed by atoms with van der Waals surface area (Å²) in [6.07, 6.45) is 2.87. The standard InChI is InChI=1S/C52H54N4O.Pt/c1-35-24-26-53-49(28-35)54-27-25-44(36-29-38(51(5,6)7)31-39(30-36)52(8,9)10)45-23-22-43(33-48(45)54)57-42-15-13-14-41(32-42)56-34-55(46-16-11-12-17-47(46)56)40-20-18-37(19-21-40)50(2,3)4;/h11-24,26,28-31,44H,25,27H2,1-10H3;/q-2;. The SMILES string of the molecule is Cc1ccnc(N2CCC(c3cc(C(C)(C)C)cc(C(C)(C)C)c3)c3ccc(Oc4[c-]c(-n5[c](=[Pt])n(-c6ccc(C(C)(C)C)cc6)c6ccccc65)ccc4)[c-]c32)c1. The van der Waals surface area contributed by atoms with Gasteiger partial charge in [0.05, 0.1) is 0 Å². The van der Waals surface area contributed by atoms with Crippen LogP contribution >= 0.6 is 0 Å². The van der Waals surface area contributed by atoms with Crippen LogP contribution < -0.4 is 9.64 Å². The molecule has 5 nitrogen and oxygen atoms in total. The maximum atomic E-state index is 6.69. The van der Waals surface area contributed by atoms with E-state index in [0.717, 1.165) is 50.7 Å². The van der Waals surface area contributed by atoms with Crippen molar-refractivity contribution in [2.75, 3.05) is 11.4 Å². The first kappa shape index (κ1) is 39.8. The van der Waals surface area contributed by atoms with Crippen LogP contribution in [-0.4, -0.2) is 20.7 Å². The van der Waals surface area contributed by atoms with Gasteiger partial charge >= 0.3 is 251 Å². The Kier molecular flexibility index (Phi) is 10.3. The van der Waals surface area contributed by atoms with Gasteiger partial charge in [-0.25, -0.2) is 0 Å². The molecule has 0 aliphatic carbocycles. The van der Waals surface area contributed by atoms with Crippen molar-refractivity contribution in [1.82, 2.24) is 14.1 Å². The predicted octanol–water partition coefficient (Wildman–Crippen LogP) is 13.2. The number of anilines is 2. The second-order valence-corrected chi connectivity index (χ2v) is 19.9. The quantitative estimate of drug-likeness (QED) is 0.156. The van der Waals surface area contributed by atoms with Crippen LogP contribution in [-0.2, 0) is 35.6 Å². The van der Waals surface area contributed by atoms with E-state index in [0.29, 0.717) is 11.5 Å². The van der Waals surface area contributed by atoms with Gasteiger partial charge in [0.15, 0.2) is 0 Å². The predicted molar refractivity (Wildman–Crippen MR) is 235 cm³/mol. The van der Waals surface area contributed by atoms with E-state index in [4.69, 9.17) is 9.72 Å². The van der Waals surface area contributed by atoms with Crippen molar-refractivity contribution >= 4 is 22.5 Å². The zero-order valence-electron chi connectivity index (χ0n) is 35.5. The fourth-order valence-electron chi connectivity index (χ4n) is 7.97. The van der Waals surface area contributed by atoms with Crippen molar-refractivity contribution in [1.29, 1.82) is 0 Å². The van der Waals surface area contributed by atoms with Gasteiger partial charge in [0.2, 0.25) is 0 Å². The zero-order chi connectivity index (χ0) is 41.1. The van der Waals surface area contributed by atoms with E-state index in [1.54, 1.807) is 0 Å². The Morgan fingerprint density at radius 3 is 1.93 bits per heavy atom. The number of ether oxygens (including phenoxy) is 1. The second-order valence-electron chi connectivity index (χ2n) is 18.9. The number of benzene rings is 5. The van der Waals surface area contributed by atoms with E-state index in [-0.39, 0.29) is 22.2 Å². The van der Waals surface area contributed by atoms with Gasteiger partial charge in [0.1, 0.15) is 0 Å². The first-order valence-electron chi connectivity index (χ1n) is 20.4. The van der Waals surface area contributed by atoms with Gasteiger partial charge in [0, 0.05) is 6.20 Å². The summed E-state index contributed by atoms with van der Waals surface area (Å²) in [6.45, 7) is 23.6. The van der Waals surface area contributed by atoms with Gasteiger partial charge in [-0.05, 0) is 40.5 Å². The summed E-state index contributed by atoms with van der Waals surface area (Å²) in [4.78, 5) is 7.15. The van der Waals surface area contributed by atoms with Crippen molar-refractivity contribution < 1.29 is 24.1 Å². The fraction of sp³-hybridized carbons (Fsp3) is 0.308. The number of rotatable bonds is 6. The number of nitrogens with zero attached hydrogens (tertiary/aromatic N) is 4. The molecule has 0 amide bonds. The van der Waals surface area contributed by atoms with E-state index in [1.807, 2.05) is 18.3 Å². The van der Waals surface area contributed by atoms with Crippen LogP contribution in [0.3, 0.4) is 0 Å². The normalized spacial score (nSPS) is 14.8. The third kappa shape index (κ3) is 7.78. The molecule has 6 heteroatoms. The summed E-state index contributed by atoms with van der Waals surface area (Å²) in [5.74, 6) is 2.41. The van der Waals surface area contributed by atoms with Crippen LogP contribution in [0.1, 0.15) is 108 Å². The molecule has 5 aromatic carbocycles. The first-order valence-corrected chi connectivity index (χ1v) is 21.5. The molecule has 58 heavy (non-hydrogen) atoms. The van der Waals surface area contributed by atoms with Crippen LogP contribution in [0.15, 0.2) is 115 Å². The molecule has 0 saturated carbocycles. The molecule has 0 radical (unpaired) electrons. The molecule has 3 heterocycles. The number of imidazole rings is 1. The van der Waals surface area contributed by atoms with Crippen LogP contribution in [0, 0.1) is 22.9 Å². The minimum absolute atomic E-state index is 0.0306. The number of fused-ring (bicyclic) bond motifs is 2. The molecule has 1 aliphatic rings. The molecular formula is C52H54N4OPt-2. The summed E-state index contributed by atoms with van der Waals surface area (Å²) >= 11 is 2.44. The summed E-state index contributed by atoms with van der Waals surface area (Å²) in [5.41, 5.74) is 13.2. The van der Waals surface area contributed by atoms with E-state index in [2.05, 4.69) is 212 Å². The van der Waals surface area contributed by atoms with Gasteiger partial charge in [-0.2, -0.15) is 0 Å². The molecule has 2 aromatic heterocycles. The number of pyridine rings is 1. The van der Waals surface area contributed by atoms with Crippen LogP contribution in [0.4, 0.5) is 11.5 Å². The van der Waals surface area contributed by atoms with Gasteiger partial charge in [-0.3, -0.25) is 0 Å². The van der Waals surface area contributed by atoms with Crippen LogP contribution in [0.2, 0.25) is 0 Å². The van der Waals surface area contributed by atoms with E-state index >= 15 is 0 Å². The Labute approximate surface area is 355 Å². The molecule has 7 aromatic rings. The number of hydrogen-bond acceptors (Lipinski definition) is 3. The van der Waals surface area contributed by atoms with Gasteiger partial charge in [-0.1, -0.05) is 59.7 Å². The molecule has 0 N–H and O–H groups in total. The number of aryl methyl sites for hydroxylation is 1. The summed E-state index contributed by atoms with van der Waals surface area (Å²) in [6, 6.07) is 46.8. The summed E-state index contributed by atoms with van der Waals surface area (Å²) in [7, 11) is 0. The topological polar surface area (TPSA) is 35.2 Å². The molecule has 0 bridgehead atoms. The van der Waals surface area contributed by atoms with Crippen LogP contribution in [0.5, 0.6) is 11.5 Å². The van der Waals surface area contributed by atoms with E-state index in [9.17, 15) is 0 Å². The van der Waals surface area contributed by atoms with Gasteiger partial charge < -0.3 is 0 Å². The monoisotopic (exact) mass is 945 g/mol. The Morgan fingerprint density at radius 1 is 0.655 bits per heavy atom. The van der Waals surface area contributed by atoms with Crippen LogP contribution in [0.25, 0.3) is 22.4 Å². The third-order valence-electron chi connectivity index (χ3n) is 11.4. The molecule has 8 rings (SSSR count). The summed E-state index contributed by atoms with van der Waals surface area (Å²) < 4.78 is 12.3. The van der Waals surface area contributed by atoms with Gasteiger partial charge in [0.25, 0.3) is 0 Å². The Bertz CT molecular complexity index is 2670. The van der Waals surface area contributed by atoms with Gasteiger partial charge in [-0.15, -0.1) is 0 Å². The van der Waals surface area contributed by atoms with Crippen molar-refractivity contribution in [3.63, 3.8) is 0 Å². The Hall–Kier alpha value is -4.99. The number of aromatic nitrogens is 3. The average molecular weight is 946 g/mol. The molecule has 1 unspecified atom stereocenters. The molecule has 1 aliphatic heterocycles. The summed E-state index contributed by atoms with van der Waals surface area (Å²) in [5, 5.41) is 0. The fourth-order valence-corrected chi connectivity index (χ4v) is 9.08. The molecular weight excluding hydrogens is 892 g/mol. The van der Waals surface area contributed by atoms with Crippen molar-refractivity contribution in [3.8, 4) is 22.9 Å². The molecule has 1 atom stereocenters. The molecule has 0 saturated heterocycles.